The van der Waals surface area contributed by atoms with E-state index in [4.69, 9.17) is 4.74 Å². The standard InChI is InChI=1S/C23H26N4O2/c1-15-5-10-21(16(2)13-15)27-24-17(3)22(25-27)23(28)26-12-11-19(14-26)18-6-8-20(29-4)9-7-18/h5-10,13,19H,11-12,14H2,1-4H3. The van der Waals surface area contributed by atoms with Crippen LogP contribution in [0.15, 0.2) is 42.5 Å². The van der Waals surface area contributed by atoms with Crippen molar-refractivity contribution in [3.63, 3.8) is 0 Å². The summed E-state index contributed by atoms with van der Waals surface area (Å²) in [5.74, 6) is 1.13. The molecule has 3 aromatic rings. The van der Waals surface area contributed by atoms with E-state index in [9.17, 15) is 4.79 Å². The number of hydrogen-bond donors (Lipinski definition) is 0. The monoisotopic (exact) mass is 390 g/mol. The maximum absolute atomic E-state index is 13.1. The number of benzene rings is 2. The fourth-order valence-corrected chi connectivity index (χ4v) is 3.96. The van der Waals surface area contributed by atoms with Crippen LogP contribution in [0, 0.1) is 20.8 Å². The van der Waals surface area contributed by atoms with Crippen molar-refractivity contribution in [1.29, 1.82) is 0 Å². The summed E-state index contributed by atoms with van der Waals surface area (Å²) in [7, 11) is 1.67. The lowest BCUT2D eigenvalue weighted by Gasteiger charge is -2.16. The van der Waals surface area contributed by atoms with Crippen LogP contribution >= 0.6 is 0 Å². The number of methoxy groups -OCH3 is 1. The fourth-order valence-electron chi connectivity index (χ4n) is 3.96. The summed E-state index contributed by atoms with van der Waals surface area (Å²) in [6, 6.07) is 14.2. The van der Waals surface area contributed by atoms with E-state index in [2.05, 4.69) is 35.3 Å². The van der Waals surface area contributed by atoms with E-state index < -0.39 is 0 Å². The lowest BCUT2D eigenvalue weighted by Crippen LogP contribution is -2.29. The Balaban J connectivity index is 1.52. The third-order valence-electron chi connectivity index (χ3n) is 5.62. The molecule has 0 radical (unpaired) electrons. The molecule has 1 unspecified atom stereocenters. The van der Waals surface area contributed by atoms with E-state index in [1.54, 1.807) is 11.9 Å². The molecule has 0 spiro atoms. The minimum Gasteiger partial charge on any atom is -0.497 e. The number of nitrogens with zero attached hydrogens (tertiary/aromatic N) is 4. The first kappa shape index (κ1) is 19.2. The maximum atomic E-state index is 13.1. The highest BCUT2D eigenvalue weighted by atomic mass is 16.5. The largest absolute Gasteiger partial charge is 0.497 e. The van der Waals surface area contributed by atoms with Crippen molar-refractivity contribution in [3.05, 3.63) is 70.5 Å². The third kappa shape index (κ3) is 3.75. The maximum Gasteiger partial charge on any atom is 0.276 e. The van der Waals surface area contributed by atoms with E-state index in [-0.39, 0.29) is 5.91 Å². The van der Waals surface area contributed by atoms with Crippen molar-refractivity contribution in [1.82, 2.24) is 19.9 Å². The molecule has 1 saturated heterocycles. The van der Waals surface area contributed by atoms with Crippen molar-refractivity contribution in [2.45, 2.75) is 33.1 Å². The minimum atomic E-state index is -0.0467. The molecule has 0 bridgehead atoms. The molecule has 29 heavy (non-hydrogen) atoms. The molecule has 6 nitrogen and oxygen atoms in total. The number of rotatable bonds is 4. The molecule has 4 rings (SSSR count). The second kappa shape index (κ2) is 7.70. The van der Waals surface area contributed by atoms with Crippen LogP contribution < -0.4 is 4.74 Å². The molecular weight excluding hydrogens is 364 g/mol. The lowest BCUT2D eigenvalue weighted by atomic mass is 9.98. The van der Waals surface area contributed by atoms with Gasteiger partial charge in [0.2, 0.25) is 0 Å². The van der Waals surface area contributed by atoms with Gasteiger partial charge in [0.25, 0.3) is 5.91 Å². The molecule has 2 heterocycles. The Morgan fingerprint density at radius 1 is 1.07 bits per heavy atom. The van der Waals surface area contributed by atoms with Crippen molar-refractivity contribution in [3.8, 4) is 11.4 Å². The molecule has 1 amide bonds. The number of carbonyl (C=O) groups excluding carboxylic acids is 1. The van der Waals surface area contributed by atoms with Crippen LogP contribution in [0.4, 0.5) is 0 Å². The van der Waals surface area contributed by atoms with E-state index in [0.717, 1.165) is 30.0 Å². The molecule has 1 aromatic heterocycles. The minimum absolute atomic E-state index is 0.0467. The third-order valence-corrected chi connectivity index (χ3v) is 5.62. The van der Waals surface area contributed by atoms with Crippen LogP contribution in [0.2, 0.25) is 0 Å². The summed E-state index contributed by atoms with van der Waals surface area (Å²) < 4.78 is 5.23. The smallest absolute Gasteiger partial charge is 0.276 e. The predicted molar refractivity (Wildman–Crippen MR) is 112 cm³/mol. The number of ether oxygens (including phenoxy) is 1. The second-order valence-corrected chi connectivity index (χ2v) is 7.72. The fraction of sp³-hybridized carbons (Fsp3) is 0.348. The van der Waals surface area contributed by atoms with Crippen LogP contribution in [0.5, 0.6) is 5.75 Å². The Hall–Kier alpha value is -3.15. The molecule has 6 heteroatoms. The Kier molecular flexibility index (Phi) is 5.09. The number of likely N-dealkylation sites (tertiary alicyclic amines) is 1. The topological polar surface area (TPSA) is 60.2 Å². The average molecular weight is 390 g/mol. The molecule has 1 atom stereocenters. The van der Waals surface area contributed by atoms with E-state index in [1.165, 1.54) is 11.1 Å². The number of aromatic nitrogens is 3. The second-order valence-electron chi connectivity index (χ2n) is 7.72. The molecule has 0 aliphatic carbocycles. The summed E-state index contributed by atoms with van der Waals surface area (Å²) >= 11 is 0. The SMILES string of the molecule is COc1ccc(C2CCN(C(=O)c3nn(-c4ccc(C)cc4C)nc3C)C2)cc1. The van der Waals surface area contributed by atoms with Gasteiger partial charge in [-0.2, -0.15) is 9.90 Å². The Bertz CT molecular complexity index is 1040. The molecule has 1 fully saturated rings. The molecule has 2 aromatic carbocycles. The number of hydrogen-bond acceptors (Lipinski definition) is 4. The Morgan fingerprint density at radius 3 is 2.52 bits per heavy atom. The van der Waals surface area contributed by atoms with E-state index >= 15 is 0 Å². The van der Waals surface area contributed by atoms with Crippen molar-refractivity contribution < 1.29 is 9.53 Å². The van der Waals surface area contributed by atoms with E-state index in [1.807, 2.05) is 43.0 Å². The van der Waals surface area contributed by atoms with Crippen LogP contribution in [0.25, 0.3) is 5.69 Å². The van der Waals surface area contributed by atoms with Crippen molar-refractivity contribution in [2.75, 3.05) is 20.2 Å². The van der Waals surface area contributed by atoms with E-state index in [0.29, 0.717) is 23.9 Å². The highest BCUT2D eigenvalue weighted by Gasteiger charge is 2.30. The molecule has 150 valence electrons. The summed E-state index contributed by atoms with van der Waals surface area (Å²) in [5.41, 5.74) is 5.49. The van der Waals surface area contributed by atoms with Crippen molar-refractivity contribution >= 4 is 5.91 Å². The summed E-state index contributed by atoms with van der Waals surface area (Å²) in [6.07, 6.45) is 0.947. The first-order chi connectivity index (χ1) is 14.0. The van der Waals surface area contributed by atoms with Crippen LogP contribution in [-0.4, -0.2) is 46.0 Å². The first-order valence-electron chi connectivity index (χ1n) is 9.91. The summed E-state index contributed by atoms with van der Waals surface area (Å²) in [4.78, 5) is 16.6. The van der Waals surface area contributed by atoms with Gasteiger partial charge in [-0.15, -0.1) is 5.10 Å². The van der Waals surface area contributed by atoms with Crippen molar-refractivity contribution in [2.24, 2.45) is 0 Å². The van der Waals surface area contributed by atoms with Crippen LogP contribution in [0.1, 0.15) is 45.2 Å². The van der Waals surface area contributed by atoms with Crippen LogP contribution in [0.3, 0.4) is 0 Å². The average Bonchev–Trinajstić information content (AvgIpc) is 3.35. The Labute approximate surface area is 171 Å². The van der Waals surface area contributed by atoms with Gasteiger partial charge in [0.1, 0.15) is 5.75 Å². The molecular formula is C23H26N4O2. The van der Waals surface area contributed by atoms with Gasteiger partial charge in [-0.25, -0.2) is 0 Å². The number of amides is 1. The zero-order chi connectivity index (χ0) is 20.5. The normalized spacial score (nSPS) is 16.3. The van der Waals surface area contributed by atoms with Gasteiger partial charge in [-0.3, -0.25) is 4.79 Å². The van der Waals surface area contributed by atoms with Gasteiger partial charge in [0.15, 0.2) is 5.69 Å². The zero-order valence-corrected chi connectivity index (χ0v) is 17.3. The Morgan fingerprint density at radius 2 is 1.83 bits per heavy atom. The summed E-state index contributed by atoms with van der Waals surface area (Å²) in [5, 5.41) is 9.04. The van der Waals surface area contributed by atoms with Gasteiger partial charge in [0, 0.05) is 19.0 Å². The van der Waals surface area contributed by atoms with Gasteiger partial charge in [-0.1, -0.05) is 29.8 Å². The van der Waals surface area contributed by atoms with Gasteiger partial charge < -0.3 is 9.64 Å². The van der Waals surface area contributed by atoms with Gasteiger partial charge in [-0.05, 0) is 56.5 Å². The quantitative estimate of drug-likeness (QED) is 0.679. The van der Waals surface area contributed by atoms with Crippen LogP contribution in [-0.2, 0) is 0 Å². The number of carbonyl (C=O) groups is 1. The first-order valence-corrected chi connectivity index (χ1v) is 9.91. The molecule has 0 N–H and O–H groups in total. The highest BCUT2D eigenvalue weighted by molar-refractivity contribution is 5.93. The summed E-state index contributed by atoms with van der Waals surface area (Å²) in [6.45, 7) is 7.35. The number of aryl methyl sites for hydroxylation is 3. The molecule has 0 saturated carbocycles. The molecule has 1 aliphatic heterocycles. The predicted octanol–water partition coefficient (Wildman–Crippen LogP) is 3.83. The zero-order valence-electron chi connectivity index (χ0n) is 17.3. The van der Waals surface area contributed by atoms with Gasteiger partial charge in [0.05, 0.1) is 18.5 Å². The van der Waals surface area contributed by atoms with Gasteiger partial charge >= 0.3 is 0 Å². The highest BCUT2D eigenvalue weighted by Crippen LogP contribution is 2.29. The lowest BCUT2D eigenvalue weighted by molar-refractivity contribution is 0.0783. The molecule has 1 aliphatic rings.